The second-order valence-corrected chi connectivity index (χ2v) is 4.65. The van der Waals surface area contributed by atoms with Crippen LogP contribution >= 0.6 is 0 Å². The van der Waals surface area contributed by atoms with Gasteiger partial charge in [-0.25, -0.2) is 13.2 Å². The Labute approximate surface area is 114 Å². The Morgan fingerprint density at radius 1 is 1.05 bits per heavy atom. The Kier molecular flexibility index (Phi) is 3.88. The van der Waals surface area contributed by atoms with Crippen LogP contribution in [-0.2, 0) is 0 Å². The fourth-order valence-corrected chi connectivity index (χ4v) is 1.94. The van der Waals surface area contributed by atoms with Gasteiger partial charge < -0.3 is 10.4 Å². The first kappa shape index (κ1) is 14.2. The number of nitrogens with one attached hydrogen (secondary N) is 1. The van der Waals surface area contributed by atoms with Crippen molar-refractivity contribution in [2.45, 2.75) is 19.9 Å². The van der Waals surface area contributed by atoms with Gasteiger partial charge >= 0.3 is 0 Å². The zero-order valence-corrected chi connectivity index (χ0v) is 11.0. The van der Waals surface area contributed by atoms with Crippen molar-refractivity contribution < 1.29 is 18.3 Å². The molecular formula is C15H14F3NO. The number of phenolic OH excluding ortho intramolecular Hbond substituents is 1. The van der Waals surface area contributed by atoms with Gasteiger partial charge in [0.05, 0.1) is 11.7 Å². The number of benzene rings is 2. The van der Waals surface area contributed by atoms with Crippen molar-refractivity contribution in [1.82, 2.24) is 0 Å². The lowest BCUT2D eigenvalue weighted by Crippen LogP contribution is -2.09. The van der Waals surface area contributed by atoms with E-state index in [2.05, 4.69) is 5.32 Å². The standard InChI is InChI=1S/C15H14F3NO/c1-8-5-13(18)14(7-12(8)17)19-9(2)11-6-10(16)3-4-15(11)20/h3-7,9,19-20H,1-2H3. The van der Waals surface area contributed by atoms with Crippen LogP contribution in [0.1, 0.15) is 24.1 Å². The summed E-state index contributed by atoms with van der Waals surface area (Å²) in [5.74, 6) is -1.77. The zero-order chi connectivity index (χ0) is 14.9. The minimum atomic E-state index is -0.605. The lowest BCUT2D eigenvalue weighted by atomic mass is 10.1. The van der Waals surface area contributed by atoms with Gasteiger partial charge in [0.25, 0.3) is 0 Å². The number of hydrogen-bond donors (Lipinski definition) is 2. The summed E-state index contributed by atoms with van der Waals surface area (Å²) in [4.78, 5) is 0. The number of anilines is 1. The molecule has 2 rings (SSSR count). The number of aryl methyl sites for hydroxylation is 1. The predicted octanol–water partition coefficient (Wildman–Crippen LogP) is 4.29. The molecule has 0 amide bonds. The van der Waals surface area contributed by atoms with Crippen LogP contribution in [0.3, 0.4) is 0 Å². The third kappa shape index (κ3) is 2.87. The van der Waals surface area contributed by atoms with Crippen LogP contribution in [0.5, 0.6) is 5.75 Å². The van der Waals surface area contributed by atoms with E-state index in [9.17, 15) is 18.3 Å². The van der Waals surface area contributed by atoms with E-state index in [4.69, 9.17) is 0 Å². The Morgan fingerprint density at radius 3 is 2.45 bits per heavy atom. The van der Waals surface area contributed by atoms with Gasteiger partial charge in [0, 0.05) is 11.6 Å². The van der Waals surface area contributed by atoms with Gasteiger partial charge in [-0.1, -0.05) is 0 Å². The van der Waals surface area contributed by atoms with Crippen molar-refractivity contribution in [3.05, 3.63) is 58.9 Å². The van der Waals surface area contributed by atoms with Crippen LogP contribution in [0.4, 0.5) is 18.9 Å². The molecule has 2 aromatic carbocycles. The van der Waals surface area contributed by atoms with E-state index >= 15 is 0 Å². The van der Waals surface area contributed by atoms with Gasteiger partial charge in [0.2, 0.25) is 0 Å². The van der Waals surface area contributed by atoms with Gasteiger partial charge in [0.1, 0.15) is 23.2 Å². The van der Waals surface area contributed by atoms with Gasteiger partial charge in [0.15, 0.2) is 0 Å². The van der Waals surface area contributed by atoms with Crippen LogP contribution < -0.4 is 5.32 Å². The van der Waals surface area contributed by atoms with E-state index in [0.717, 1.165) is 24.3 Å². The summed E-state index contributed by atoms with van der Waals surface area (Å²) in [5, 5.41) is 12.4. The lowest BCUT2D eigenvalue weighted by molar-refractivity contribution is 0.462. The molecule has 2 aromatic rings. The topological polar surface area (TPSA) is 32.3 Å². The molecule has 0 spiro atoms. The third-order valence-corrected chi connectivity index (χ3v) is 3.08. The number of rotatable bonds is 3. The largest absolute Gasteiger partial charge is 0.508 e. The van der Waals surface area contributed by atoms with E-state index < -0.39 is 23.5 Å². The highest BCUT2D eigenvalue weighted by molar-refractivity contribution is 5.50. The molecule has 0 bridgehead atoms. The highest BCUT2D eigenvalue weighted by Crippen LogP contribution is 2.29. The van der Waals surface area contributed by atoms with E-state index in [0.29, 0.717) is 0 Å². The number of phenols is 1. The molecule has 106 valence electrons. The third-order valence-electron chi connectivity index (χ3n) is 3.08. The summed E-state index contributed by atoms with van der Waals surface area (Å²) in [6, 6.07) is 5.03. The van der Waals surface area contributed by atoms with E-state index in [1.807, 2.05) is 0 Å². The van der Waals surface area contributed by atoms with E-state index in [1.165, 1.54) is 13.0 Å². The first-order valence-corrected chi connectivity index (χ1v) is 6.09. The molecule has 0 aliphatic rings. The second-order valence-electron chi connectivity index (χ2n) is 4.65. The fraction of sp³-hybridized carbons (Fsp3) is 0.200. The average Bonchev–Trinajstić information content (AvgIpc) is 2.38. The lowest BCUT2D eigenvalue weighted by Gasteiger charge is -2.18. The summed E-state index contributed by atoms with van der Waals surface area (Å²) >= 11 is 0. The van der Waals surface area contributed by atoms with Crippen LogP contribution in [0.25, 0.3) is 0 Å². The number of halogens is 3. The summed E-state index contributed by atoms with van der Waals surface area (Å²) in [6.07, 6.45) is 0. The van der Waals surface area contributed by atoms with Crippen LogP contribution in [0.2, 0.25) is 0 Å². The van der Waals surface area contributed by atoms with Gasteiger partial charge in [-0.2, -0.15) is 0 Å². The monoisotopic (exact) mass is 281 g/mol. The van der Waals surface area contributed by atoms with Crippen LogP contribution in [0, 0.1) is 24.4 Å². The minimum Gasteiger partial charge on any atom is -0.508 e. The molecule has 1 atom stereocenters. The molecule has 0 heterocycles. The molecule has 0 aliphatic carbocycles. The smallest absolute Gasteiger partial charge is 0.146 e. The summed E-state index contributed by atoms with van der Waals surface area (Å²) in [5.41, 5.74) is 0.434. The van der Waals surface area contributed by atoms with Crippen LogP contribution in [-0.4, -0.2) is 5.11 Å². The Balaban J connectivity index is 2.30. The molecule has 0 aromatic heterocycles. The predicted molar refractivity (Wildman–Crippen MR) is 71.2 cm³/mol. The van der Waals surface area contributed by atoms with Crippen molar-refractivity contribution in [3.63, 3.8) is 0 Å². The Morgan fingerprint density at radius 2 is 1.75 bits per heavy atom. The van der Waals surface area contributed by atoms with Gasteiger partial charge in [-0.05, 0) is 43.7 Å². The first-order chi connectivity index (χ1) is 9.38. The quantitative estimate of drug-likeness (QED) is 0.879. The first-order valence-electron chi connectivity index (χ1n) is 6.09. The molecule has 0 radical (unpaired) electrons. The average molecular weight is 281 g/mol. The van der Waals surface area contributed by atoms with Crippen molar-refractivity contribution in [3.8, 4) is 5.75 Å². The van der Waals surface area contributed by atoms with Gasteiger partial charge in [-0.15, -0.1) is 0 Å². The zero-order valence-electron chi connectivity index (χ0n) is 11.0. The summed E-state index contributed by atoms with van der Waals surface area (Å²) in [6.45, 7) is 3.08. The number of aromatic hydroxyl groups is 1. The maximum Gasteiger partial charge on any atom is 0.146 e. The second kappa shape index (κ2) is 5.45. The highest BCUT2D eigenvalue weighted by atomic mass is 19.1. The summed E-state index contributed by atoms with van der Waals surface area (Å²) in [7, 11) is 0. The highest BCUT2D eigenvalue weighted by Gasteiger charge is 2.14. The maximum absolute atomic E-state index is 13.7. The normalized spacial score (nSPS) is 12.2. The van der Waals surface area contributed by atoms with Crippen molar-refractivity contribution in [2.24, 2.45) is 0 Å². The molecule has 0 aliphatic heterocycles. The molecule has 0 saturated carbocycles. The SMILES string of the molecule is Cc1cc(F)c(NC(C)c2cc(F)ccc2O)cc1F. The fourth-order valence-electron chi connectivity index (χ4n) is 1.94. The molecule has 1 unspecified atom stereocenters. The molecule has 20 heavy (non-hydrogen) atoms. The molecule has 0 fully saturated rings. The van der Waals surface area contributed by atoms with E-state index in [1.54, 1.807) is 6.92 Å². The molecule has 2 N–H and O–H groups in total. The maximum atomic E-state index is 13.7. The van der Waals surface area contributed by atoms with Crippen molar-refractivity contribution in [1.29, 1.82) is 0 Å². The molecular weight excluding hydrogens is 267 g/mol. The van der Waals surface area contributed by atoms with Gasteiger partial charge in [-0.3, -0.25) is 0 Å². The minimum absolute atomic E-state index is 0.0377. The Hall–Kier alpha value is -2.17. The van der Waals surface area contributed by atoms with Crippen molar-refractivity contribution >= 4 is 5.69 Å². The molecule has 2 nitrogen and oxygen atoms in total. The Bertz CT molecular complexity index is 643. The van der Waals surface area contributed by atoms with Crippen molar-refractivity contribution in [2.75, 3.05) is 5.32 Å². The van der Waals surface area contributed by atoms with Crippen LogP contribution in [0.15, 0.2) is 30.3 Å². The van der Waals surface area contributed by atoms with E-state index in [-0.39, 0.29) is 22.6 Å². The number of hydrogen-bond acceptors (Lipinski definition) is 2. The molecule has 5 heteroatoms. The summed E-state index contributed by atoms with van der Waals surface area (Å²) < 4.78 is 40.3. The molecule has 0 saturated heterocycles.